The number of ether oxygens (including phenoxy) is 1. The second-order valence-corrected chi connectivity index (χ2v) is 7.64. The van der Waals surface area contributed by atoms with Gasteiger partial charge in [-0.15, -0.1) is 5.10 Å². The number of piperidine rings is 1. The van der Waals surface area contributed by atoms with Crippen molar-refractivity contribution in [3.8, 4) is 0 Å². The molecule has 2 aromatic rings. The summed E-state index contributed by atoms with van der Waals surface area (Å²) in [5, 5.41) is 8.64. The average molecular weight is 353 g/mol. The van der Waals surface area contributed by atoms with Gasteiger partial charge in [0.15, 0.2) is 5.82 Å². The smallest absolute Gasteiger partial charge is 0.151 e. The zero-order valence-electron chi connectivity index (χ0n) is 15.5. The van der Waals surface area contributed by atoms with E-state index < -0.39 is 0 Å². The topological polar surface area (TPSA) is 54.4 Å². The highest BCUT2D eigenvalue weighted by Crippen LogP contribution is 2.34. The van der Waals surface area contributed by atoms with Crippen LogP contribution in [-0.4, -0.2) is 59.5 Å². The van der Waals surface area contributed by atoms with E-state index in [2.05, 4.69) is 43.2 Å². The Balaban J connectivity index is 1.49. The Bertz CT molecular complexity index is 708. The number of anilines is 1. The molecule has 0 amide bonds. The van der Waals surface area contributed by atoms with E-state index in [1.54, 1.807) is 0 Å². The number of aromatic nitrogens is 3. The molecule has 138 valence electrons. The van der Waals surface area contributed by atoms with Crippen LogP contribution in [-0.2, 0) is 11.3 Å². The molecule has 4 rings (SSSR count). The molecule has 0 aliphatic carbocycles. The predicted octanol–water partition coefficient (Wildman–Crippen LogP) is 2.30. The maximum absolute atomic E-state index is 6.03. The highest BCUT2D eigenvalue weighted by atomic mass is 16.5. The molecule has 0 N–H and O–H groups in total. The molecule has 2 aliphatic rings. The fraction of sp³-hybridized carbons (Fsp3) is 0.550. The van der Waals surface area contributed by atoms with Crippen LogP contribution in [0.5, 0.6) is 0 Å². The number of rotatable bonds is 3. The molecule has 1 spiro atoms. The predicted molar refractivity (Wildman–Crippen MR) is 101 cm³/mol. The molecule has 2 saturated heterocycles. The Morgan fingerprint density at radius 3 is 2.88 bits per heavy atom. The zero-order chi connectivity index (χ0) is 17.8. The fourth-order valence-electron chi connectivity index (χ4n) is 4.16. The van der Waals surface area contributed by atoms with E-state index in [0.717, 1.165) is 63.1 Å². The lowest BCUT2D eigenvalue weighted by Crippen LogP contribution is -2.50. The van der Waals surface area contributed by atoms with E-state index in [0.29, 0.717) is 0 Å². The number of aryl methyl sites for hydroxylation is 1. The normalized spacial score (nSPS) is 24.6. The molecule has 6 heteroatoms. The lowest BCUT2D eigenvalue weighted by molar-refractivity contribution is 0.0103. The van der Waals surface area contributed by atoms with Crippen molar-refractivity contribution in [1.82, 2.24) is 20.1 Å². The van der Waals surface area contributed by atoms with Crippen LogP contribution >= 0.6 is 0 Å². The standard InChI is InChI=1S/C20H27N5O/c1-17-6-7-19(23-22-17)25-11-12-26-16-20(15-25)8-4-10-24(14-20)13-18-5-2-3-9-21-18/h2-3,5-7,9H,4,8,10-16H2,1H3/t20-/m0/s1. The van der Waals surface area contributed by atoms with E-state index in [1.165, 1.54) is 12.8 Å². The maximum atomic E-state index is 6.03. The highest BCUT2D eigenvalue weighted by Gasteiger charge is 2.39. The van der Waals surface area contributed by atoms with Gasteiger partial charge >= 0.3 is 0 Å². The molecule has 4 heterocycles. The first-order valence-electron chi connectivity index (χ1n) is 9.48. The summed E-state index contributed by atoms with van der Waals surface area (Å²) in [6.07, 6.45) is 4.27. The van der Waals surface area contributed by atoms with Crippen LogP contribution in [0.4, 0.5) is 5.82 Å². The fourth-order valence-corrected chi connectivity index (χ4v) is 4.16. The van der Waals surface area contributed by atoms with Crippen LogP contribution in [0, 0.1) is 12.3 Å². The van der Waals surface area contributed by atoms with Gasteiger partial charge in [-0.25, -0.2) is 0 Å². The molecule has 0 unspecified atom stereocenters. The lowest BCUT2D eigenvalue weighted by Gasteiger charge is -2.43. The van der Waals surface area contributed by atoms with Crippen molar-refractivity contribution in [2.75, 3.05) is 44.3 Å². The van der Waals surface area contributed by atoms with E-state index in [9.17, 15) is 0 Å². The molecule has 2 fully saturated rings. The van der Waals surface area contributed by atoms with Crippen molar-refractivity contribution in [1.29, 1.82) is 0 Å². The minimum absolute atomic E-state index is 0.149. The van der Waals surface area contributed by atoms with E-state index in [-0.39, 0.29) is 5.41 Å². The lowest BCUT2D eigenvalue weighted by atomic mass is 9.80. The molecule has 6 nitrogen and oxygen atoms in total. The Morgan fingerprint density at radius 2 is 2.08 bits per heavy atom. The number of likely N-dealkylation sites (tertiary alicyclic amines) is 1. The molecular formula is C20H27N5O. The second-order valence-electron chi connectivity index (χ2n) is 7.64. The minimum Gasteiger partial charge on any atom is -0.379 e. The number of hydrogen-bond donors (Lipinski definition) is 0. The zero-order valence-corrected chi connectivity index (χ0v) is 15.5. The Labute approximate surface area is 155 Å². The van der Waals surface area contributed by atoms with Crippen LogP contribution in [0.3, 0.4) is 0 Å². The highest BCUT2D eigenvalue weighted by molar-refractivity contribution is 5.38. The van der Waals surface area contributed by atoms with Crippen LogP contribution in [0.2, 0.25) is 0 Å². The van der Waals surface area contributed by atoms with E-state index in [4.69, 9.17) is 4.74 Å². The monoisotopic (exact) mass is 353 g/mol. The molecule has 0 radical (unpaired) electrons. The molecule has 0 aromatic carbocycles. The first-order valence-corrected chi connectivity index (χ1v) is 9.48. The molecule has 0 bridgehead atoms. The van der Waals surface area contributed by atoms with Crippen molar-refractivity contribution < 1.29 is 4.74 Å². The summed E-state index contributed by atoms with van der Waals surface area (Å²) in [6, 6.07) is 10.3. The van der Waals surface area contributed by atoms with Crippen molar-refractivity contribution in [2.45, 2.75) is 26.3 Å². The van der Waals surface area contributed by atoms with Crippen LogP contribution in [0.1, 0.15) is 24.2 Å². The average Bonchev–Trinajstić information content (AvgIpc) is 2.86. The van der Waals surface area contributed by atoms with Gasteiger partial charge in [-0.2, -0.15) is 5.10 Å². The third kappa shape index (κ3) is 4.02. The third-order valence-corrected chi connectivity index (χ3v) is 5.40. The van der Waals surface area contributed by atoms with Gasteiger partial charge in [-0.05, 0) is 50.6 Å². The minimum atomic E-state index is 0.149. The van der Waals surface area contributed by atoms with Gasteiger partial charge in [0.2, 0.25) is 0 Å². The van der Waals surface area contributed by atoms with E-state index >= 15 is 0 Å². The molecule has 0 saturated carbocycles. The Kier molecular flexibility index (Phi) is 5.13. The van der Waals surface area contributed by atoms with Crippen LogP contribution in [0.15, 0.2) is 36.5 Å². The SMILES string of the molecule is Cc1ccc(N2CCOC[C@]3(CCCN(Cc4ccccn4)C3)C2)nn1. The largest absolute Gasteiger partial charge is 0.379 e. The molecule has 1 atom stereocenters. The van der Waals surface area contributed by atoms with Gasteiger partial charge in [0.05, 0.1) is 24.6 Å². The molecule has 2 aromatic heterocycles. The summed E-state index contributed by atoms with van der Waals surface area (Å²) >= 11 is 0. The van der Waals surface area contributed by atoms with Crippen molar-refractivity contribution in [3.63, 3.8) is 0 Å². The van der Waals surface area contributed by atoms with Gasteiger partial charge in [-0.3, -0.25) is 9.88 Å². The Morgan fingerprint density at radius 1 is 1.12 bits per heavy atom. The quantitative estimate of drug-likeness (QED) is 0.844. The Hall–Kier alpha value is -2.05. The van der Waals surface area contributed by atoms with Crippen LogP contribution in [0.25, 0.3) is 0 Å². The number of pyridine rings is 1. The van der Waals surface area contributed by atoms with Crippen molar-refractivity contribution >= 4 is 5.82 Å². The molecule has 26 heavy (non-hydrogen) atoms. The van der Waals surface area contributed by atoms with Gasteiger partial charge in [-0.1, -0.05) is 6.07 Å². The van der Waals surface area contributed by atoms with Gasteiger partial charge in [0.25, 0.3) is 0 Å². The summed E-state index contributed by atoms with van der Waals surface area (Å²) < 4.78 is 6.03. The first-order chi connectivity index (χ1) is 12.7. The van der Waals surface area contributed by atoms with E-state index in [1.807, 2.05) is 25.3 Å². The number of nitrogens with zero attached hydrogens (tertiary/aromatic N) is 5. The summed E-state index contributed by atoms with van der Waals surface area (Å²) in [4.78, 5) is 9.37. The summed E-state index contributed by atoms with van der Waals surface area (Å²) in [6.45, 7) is 8.47. The summed E-state index contributed by atoms with van der Waals surface area (Å²) in [5.41, 5.74) is 2.24. The molecule has 2 aliphatic heterocycles. The molecular weight excluding hydrogens is 326 g/mol. The first kappa shape index (κ1) is 17.4. The maximum Gasteiger partial charge on any atom is 0.151 e. The summed E-state index contributed by atoms with van der Waals surface area (Å²) in [5.74, 6) is 0.960. The number of hydrogen-bond acceptors (Lipinski definition) is 6. The second kappa shape index (κ2) is 7.68. The van der Waals surface area contributed by atoms with Gasteiger partial charge in [0.1, 0.15) is 0 Å². The van der Waals surface area contributed by atoms with Gasteiger partial charge in [0, 0.05) is 37.8 Å². The van der Waals surface area contributed by atoms with Crippen molar-refractivity contribution in [2.24, 2.45) is 5.41 Å². The summed E-state index contributed by atoms with van der Waals surface area (Å²) in [7, 11) is 0. The van der Waals surface area contributed by atoms with Gasteiger partial charge < -0.3 is 9.64 Å². The van der Waals surface area contributed by atoms with Crippen molar-refractivity contribution in [3.05, 3.63) is 47.9 Å². The third-order valence-electron chi connectivity index (χ3n) is 5.40. The van der Waals surface area contributed by atoms with Crippen LogP contribution < -0.4 is 4.90 Å².